The second-order valence-corrected chi connectivity index (χ2v) is 10.9. The number of benzene rings is 1. The van der Waals surface area contributed by atoms with E-state index in [-0.39, 0.29) is 42.2 Å². The van der Waals surface area contributed by atoms with E-state index < -0.39 is 29.9 Å². The lowest BCUT2D eigenvalue weighted by Crippen LogP contribution is -2.73. The Bertz CT molecular complexity index is 1370. The number of aromatic amines is 1. The van der Waals surface area contributed by atoms with Gasteiger partial charge < -0.3 is 42.2 Å². The quantitative estimate of drug-likeness (QED) is 0.233. The van der Waals surface area contributed by atoms with Crippen molar-refractivity contribution in [1.29, 1.82) is 0 Å². The average molecular weight is 537 g/mol. The molecular weight excluding hydrogens is 504 g/mol. The number of aliphatic imine (C=N–C) groups is 2. The van der Waals surface area contributed by atoms with Crippen molar-refractivity contribution in [2.24, 2.45) is 21.5 Å². The number of hydrogen-bond donors (Lipinski definition) is 7. The second kappa shape index (κ2) is 8.86. The van der Waals surface area contributed by atoms with Crippen LogP contribution in [0.1, 0.15) is 46.7 Å². The third-order valence-corrected chi connectivity index (χ3v) is 8.15. The standard InChI is InChI=1S/C25H32N10O4/c1-24(2)7-9-39-17-12(4-3-5-13(17)24)20(37)30-16-11-35-23(27)31-15(10-28-21(38)14-6-8-29-34-14)18-25(35,19(16)36)33-22(26)32-18/h3-6,8,15-16,18-19,36H,7,9-11H2,1-2H3,(H2,27,31)(H,28,38)(H,29,34)(H,30,37)(H3,26,32,33)/t15-,16?,18?,19+,25?/m0/s1. The molecular formula is C25H32N10O4. The molecule has 2 aromatic rings. The van der Waals surface area contributed by atoms with Crippen LogP contribution >= 0.6 is 0 Å². The van der Waals surface area contributed by atoms with Crippen LogP contribution < -0.4 is 32.2 Å². The van der Waals surface area contributed by atoms with Gasteiger partial charge in [-0.3, -0.25) is 14.7 Å². The third-order valence-electron chi connectivity index (χ3n) is 8.15. The number of para-hydroxylation sites is 1. The van der Waals surface area contributed by atoms with Gasteiger partial charge in [0, 0.05) is 24.8 Å². The molecule has 1 aromatic heterocycles. The Labute approximate surface area is 224 Å². The van der Waals surface area contributed by atoms with Crippen LogP contribution in [-0.2, 0) is 5.41 Å². The van der Waals surface area contributed by atoms with Crippen molar-refractivity contribution in [3.8, 4) is 5.75 Å². The summed E-state index contributed by atoms with van der Waals surface area (Å²) in [5.41, 5.74) is 12.8. The van der Waals surface area contributed by atoms with E-state index in [2.05, 4.69) is 50.0 Å². The molecule has 0 saturated carbocycles. The molecule has 0 radical (unpaired) electrons. The molecule has 5 atom stereocenters. The molecule has 1 fully saturated rings. The monoisotopic (exact) mass is 536 g/mol. The second-order valence-electron chi connectivity index (χ2n) is 10.9. The van der Waals surface area contributed by atoms with Crippen molar-refractivity contribution >= 4 is 23.7 Å². The number of amides is 2. The number of nitrogens with zero attached hydrogens (tertiary/aromatic N) is 4. The van der Waals surface area contributed by atoms with Crippen LogP contribution in [0.4, 0.5) is 0 Å². The Morgan fingerprint density at radius 2 is 2.05 bits per heavy atom. The Morgan fingerprint density at radius 3 is 2.82 bits per heavy atom. The molecule has 2 amide bonds. The van der Waals surface area contributed by atoms with Gasteiger partial charge in [0.2, 0.25) is 0 Å². The van der Waals surface area contributed by atoms with Gasteiger partial charge in [-0.25, -0.2) is 9.98 Å². The predicted molar refractivity (Wildman–Crippen MR) is 141 cm³/mol. The van der Waals surface area contributed by atoms with Crippen LogP contribution in [0.15, 0.2) is 40.4 Å². The zero-order chi connectivity index (χ0) is 27.5. The van der Waals surface area contributed by atoms with Gasteiger partial charge in [-0.05, 0) is 24.0 Å². The summed E-state index contributed by atoms with van der Waals surface area (Å²) >= 11 is 0. The van der Waals surface area contributed by atoms with Crippen LogP contribution in [0.3, 0.4) is 0 Å². The van der Waals surface area contributed by atoms with E-state index in [1.807, 2.05) is 12.1 Å². The van der Waals surface area contributed by atoms with Crippen molar-refractivity contribution in [1.82, 2.24) is 31.0 Å². The smallest absolute Gasteiger partial charge is 0.269 e. The number of hydrogen-bond acceptors (Lipinski definition) is 11. The molecule has 0 bridgehead atoms. The molecule has 39 heavy (non-hydrogen) atoms. The Balaban J connectivity index is 1.24. The van der Waals surface area contributed by atoms with Crippen LogP contribution in [0.5, 0.6) is 5.75 Å². The van der Waals surface area contributed by atoms with E-state index in [1.165, 1.54) is 6.20 Å². The van der Waals surface area contributed by atoms with E-state index in [1.54, 1.807) is 17.0 Å². The lowest BCUT2D eigenvalue weighted by Gasteiger charge is -2.46. The van der Waals surface area contributed by atoms with Gasteiger partial charge in [-0.1, -0.05) is 26.0 Å². The molecule has 206 valence electrons. The number of aromatic nitrogens is 2. The number of carbonyl (C=O) groups excluding carboxylic acids is 2. The van der Waals surface area contributed by atoms with Gasteiger partial charge in [-0.2, -0.15) is 5.10 Å². The molecule has 1 aromatic carbocycles. The van der Waals surface area contributed by atoms with Crippen LogP contribution in [0.25, 0.3) is 0 Å². The van der Waals surface area contributed by atoms with E-state index in [4.69, 9.17) is 16.2 Å². The Kier molecular flexibility index (Phi) is 5.68. The van der Waals surface area contributed by atoms with E-state index in [0.29, 0.717) is 23.6 Å². The molecule has 1 saturated heterocycles. The molecule has 6 rings (SSSR count). The minimum absolute atomic E-state index is 0.0876. The summed E-state index contributed by atoms with van der Waals surface area (Å²) in [6.45, 7) is 5.02. The number of aliphatic hydroxyl groups excluding tert-OH is 1. The van der Waals surface area contributed by atoms with Crippen molar-refractivity contribution in [2.45, 2.75) is 55.6 Å². The van der Waals surface area contributed by atoms with Crippen molar-refractivity contribution < 1.29 is 19.4 Å². The maximum Gasteiger partial charge on any atom is 0.269 e. The normalized spacial score (nSPS) is 30.1. The van der Waals surface area contributed by atoms with Crippen molar-refractivity contribution in [2.75, 3.05) is 19.7 Å². The van der Waals surface area contributed by atoms with Gasteiger partial charge in [-0.15, -0.1) is 0 Å². The fourth-order valence-corrected chi connectivity index (χ4v) is 6.07. The number of guanidine groups is 2. The third kappa shape index (κ3) is 3.85. The highest BCUT2D eigenvalue weighted by Crippen LogP contribution is 2.42. The number of H-pyrrole nitrogens is 1. The van der Waals surface area contributed by atoms with Crippen LogP contribution in [0.2, 0.25) is 0 Å². The summed E-state index contributed by atoms with van der Waals surface area (Å²) in [5.74, 6) is 0.0794. The highest BCUT2D eigenvalue weighted by atomic mass is 16.5. The number of rotatable bonds is 5. The lowest BCUT2D eigenvalue weighted by molar-refractivity contribution is 0.0143. The SMILES string of the molecule is CC1(C)CCOc2c(C(=O)NC3CN4C(N)=N[C@@H](CNC(=O)c5ccn[nH]5)C5N=C(N)NC54[C@@H]3O)cccc21. The summed E-state index contributed by atoms with van der Waals surface area (Å²) in [7, 11) is 0. The topological polar surface area (TPSA) is 208 Å². The minimum Gasteiger partial charge on any atom is -0.492 e. The molecule has 3 unspecified atom stereocenters. The molecule has 14 heteroatoms. The Morgan fingerprint density at radius 1 is 1.23 bits per heavy atom. The first-order valence-corrected chi connectivity index (χ1v) is 12.9. The number of fused-ring (bicyclic) bond motifs is 1. The largest absolute Gasteiger partial charge is 0.492 e. The zero-order valence-electron chi connectivity index (χ0n) is 21.6. The first-order valence-electron chi connectivity index (χ1n) is 12.9. The predicted octanol–water partition coefficient (Wildman–Crippen LogP) is -1.65. The fourth-order valence-electron chi connectivity index (χ4n) is 6.07. The number of ether oxygens (including phenoxy) is 1. The summed E-state index contributed by atoms with van der Waals surface area (Å²) in [5, 5.41) is 26.9. The van der Waals surface area contributed by atoms with Gasteiger partial charge in [0.1, 0.15) is 23.6 Å². The average Bonchev–Trinajstić information content (AvgIpc) is 3.62. The maximum absolute atomic E-state index is 13.5. The van der Waals surface area contributed by atoms with Crippen LogP contribution in [0, 0.1) is 0 Å². The van der Waals surface area contributed by atoms with Gasteiger partial charge >= 0.3 is 0 Å². The molecule has 4 aliphatic rings. The zero-order valence-corrected chi connectivity index (χ0v) is 21.6. The summed E-state index contributed by atoms with van der Waals surface area (Å²) in [4.78, 5) is 36.7. The minimum atomic E-state index is -1.24. The molecule has 5 heterocycles. The van der Waals surface area contributed by atoms with E-state index in [9.17, 15) is 14.7 Å². The molecule has 4 aliphatic heterocycles. The van der Waals surface area contributed by atoms with E-state index in [0.717, 1.165) is 12.0 Å². The molecule has 1 spiro atoms. The van der Waals surface area contributed by atoms with Gasteiger partial charge in [0.05, 0.1) is 24.3 Å². The lowest BCUT2D eigenvalue weighted by atomic mass is 9.79. The van der Waals surface area contributed by atoms with Crippen molar-refractivity contribution in [3.05, 3.63) is 47.3 Å². The number of nitrogens with one attached hydrogen (secondary N) is 4. The number of nitrogens with two attached hydrogens (primary N) is 2. The summed E-state index contributed by atoms with van der Waals surface area (Å²) in [6.07, 6.45) is 1.17. The number of aliphatic hydroxyl groups is 1. The molecule has 14 nitrogen and oxygen atoms in total. The number of carbonyl (C=O) groups is 2. The van der Waals surface area contributed by atoms with Gasteiger partial charge in [0.15, 0.2) is 17.6 Å². The first-order chi connectivity index (χ1) is 18.6. The first kappa shape index (κ1) is 25.0. The van der Waals surface area contributed by atoms with Crippen LogP contribution in [-0.4, -0.2) is 93.5 Å². The summed E-state index contributed by atoms with van der Waals surface area (Å²) in [6, 6.07) is 5.05. The molecule has 0 aliphatic carbocycles. The summed E-state index contributed by atoms with van der Waals surface area (Å²) < 4.78 is 5.92. The highest BCUT2D eigenvalue weighted by molar-refractivity contribution is 5.98. The maximum atomic E-state index is 13.5. The molecule has 9 N–H and O–H groups in total. The highest BCUT2D eigenvalue weighted by Gasteiger charge is 2.65. The fraction of sp³-hybridized carbons (Fsp3) is 0.480. The van der Waals surface area contributed by atoms with E-state index >= 15 is 0 Å². The van der Waals surface area contributed by atoms with Gasteiger partial charge in [0.25, 0.3) is 11.8 Å². The van der Waals surface area contributed by atoms with Crippen molar-refractivity contribution in [3.63, 3.8) is 0 Å². The Hall–Kier alpha value is -4.33.